The third-order valence-corrected chi connectivity index (χ3v) is 9.57. The topological polar surface area (TPSA) is 114 Å². The van der Waals surface area contributed by atoms with Crippen molar-refractivity contribution in [3.63, 3.8) is 0 Å². The van der Waals surface area contributed by atoms with Gasteiger partial charge in [0.15, 0.2) is 0 Å². The molecule has 0 saturated carbocycles. The number of epoxide rings is 2. The van der Waals surface area contributed by atoms with Crippen LogP contribution in [0.5, 0.6) is 0 Å². The summed E-state index contributed by atoms with van der Waals surface area (Å²) in [5.74, 6) is 0. The fourth-order valence-corrected chi connectivity index (χ4v) is 7.57. The molecule has 0 aromatic rings. The number of hydrogen-bond acceptors (Lipinski definition) is 7. The van der Waals surface area contributed by atoms with Crippen molar-refractivity contribution in [3.8, 4) is 0 Å². The van der Waals surface area contributed by atoms with Gasteiger partial charge < -0.3 is 38.4 Å². The monoisotopic (exact) mass is 426 g/mol. The smallest absolute Gasteiger partial charge is 0.370 e. The van der Waals surface area contributed by atoms with Crippen LogP contribution in [0.3, 0.4) is 0 Å². The zero-order chi connectivity index (χ0) is 20.2. The van der Waals surface area contributed by atoms with Gasteiger partial charge in [-0.3, -0.25) is 0 Å². The van der Waals surface area contributed by atoms with Crippen LogP contribution < -0.4 is 0 Å². The molecule has 3 aliphatic rings. The Bertz CT molecular complexity index is 359. The molecular formula is C19H42O8Si. The minimum absolute atomic E-state index is 0. The highest BCUT2D eigenvalue weighted by molar-refractivity contribution is 6.70. The van der Waals surface area contributed by atoms with Crippen LogP contribution in [-0.2, 0) is 27.8 Å². The molecule has 3 aliphatic heterocycles. The molecule has 3 N–H and O–H groups in total. The van der Waals surface area contributed by atoms with Gasteiger partial charge in [0.25, 0.3) is 0 Å². The number of aliphatic hydroxyl groups excluding tert-OH is 1. The molecule has 3 unspecified atom stereocenters. The van der Waals surface area contributed by atoms with Crippen molar-refractivity contribution in [2.45, 2.75) is 69.4 Å². The Morgan fingerprint density at radius 2 is 1.50 bits per heavy atom. The lowest BCUT2D eigenvalue weighted by molar-refractivity contribution is -0.0149. The zero-order valence-corrected chi connectivity index (χ0v) is 19.3. The van der Waals surface area contributed by atoms with Gasteiger partial charge in [-0.25, -0.2) is 0 Å². The number of methoxy groups -OCH3 is 1. The van der Waals surface area contributed by atoms with E-state index < -0.39 is 8.56 Å². The Kier molecular flexibility index (Phi) is 14.8. The molecular weight excluding hydrogens is 384 g/mol. The van der Waals surface area contributed by atoms with Crippen molar-refractivity contribution in [3.05, 3.63) is 0 Å². The zero-order valence-electron chi connectivity index (χ0n) is 18.3. The van der Waals surface area contributed by atoms with Gasteiger partial charge in [0, 0.05) is 27.9 Å². The third kappa shape index (κ3) is 8.72. The second-order valence-electron chi connectivity index (χ2n) is 7.08. The molecule has 3 heterocycles. The van der Waals surface area contributed by atoms with Crippen LogP contribution in [0.2, 0.25) is 6.04 Å². The highest BCUT2D eigenvalue weighted by Gasteiger charge is 2.58. The number of ether oxygens (including phenoxy) is 4. The van der Waals surface area contributed by atoms with E-state index in [1.807, 2.05) is 0 Å². The van der Waals surface area contributed by atoms with Crippen molar-refractivity contribution in [1.82, 2.24) is 0 Å². The van der Waals surface area contributed by atoms with Gasteiger partial charge >= 0.3 is 8.56 Å². The predicted octanol–water partition coefficient (Wildman–Crippen LogP) is 1.60. The Morgan fingerprint density at radius 3 is 1.86 bits per heavy atom. The van der Waals surface area contributed by atoms with E-state index in [-0.39, 0.29) is 17.3 Å². The number of hydrogen-bond donors (Lipinski definition) is 1. The predicted molar refractivity (Wildman–Crippen MR) is 110 cm³/mol. The molecule has 0 aromatic heterocycles. The van der Waals surface area contributed by atoms with Gasteiger partial charge in [-0.2, -0.15) is 0 Å². The Labute approximate surface area is 171 Å². The highest BCUT2D eigenvalue weighted by Crippen LogP contribution is 2.42. The summed E-state index contributed by atoms with van der Waals surface area (Å²) in [7, 11) is 3.22. The third-order valence-electron chi connectivity index (χ3n) is 5.15. The summed E-state index contributed by atoms with van der Waals surface area (Å²) < 4.78 is 32.5. The molecule has 0 amide bonds. The molecule has 0 aromatic carbocycles. The first-order valence-corrected chi connectivity index (χ1v) is 12.2. The van der Waals surface area contributed by atoms with E-state index in [9.17, 15) is 0 Å². The molecule has 8 nitrogen and oxygen atoms in total. The summed E-state index contributed by atoms with van der Waals surface area (Å²) in [6.07, 6.45) is 6.49. The van der Waals surface area contributed by atoms with E-state index in [0.717, 1.165) is 51.7 Å². The van der Waals surface area contributed by atoms with Crippen molar-refractivity contribution in [1.29, 1.82) is 0 Å². The van der Waals surface area contributed by atoms with Crippen LogP contribution in [0.25, 0.3) is 0 Å². The quantitative estimate of drug-likeness (QED) is 0.440. The van der Waals surface area contributed by atoms with Gasteiger partial charge in [0.1, 0.15) is 17.4 Å². The first-order chi connectivity index (χ1) is 13.1. The summed E-state index contributed by atoms with van der Waals surface area (Å²) in [5.41, 5.74) is 0. The summed E-state index contributed by atoms with van der Waals surface area (Å²) in [4.78, 5) is 0. The molecule has 0 radical (unpaired) electrons. The number of aliphatic hydroxyl groups is 1. The van der Waals surface area contributed by atoms with Gasteiger partial charge in [-0.05, 0) is 25.8 Å². The van der Waals surface area contributed by atoms with E-state index in [4.69, 9.17) is 32.9 Å². The Morgan fingerprint density at radius 1 is 1.00 bits per heavy atom. The summed E-state index contributed by atoms with van der Waals surface area (Å²) in [6, 6.07) is 1.06. The van der Waals surface area contributed by atoms with E-state index in [0.29, 0.717) is 12.2 Å². The molecule has 3 fully saturated rings. The van der Waals surface area contributed by atoms with E-state index in [1.165, 1.54) is 12.8 Å². The molecule has 170 valence electrons. The van der Waals surface area contributed by atoms with Gasteiger partial charge in [0.05, 0.1) is 26.4 Å². The molecule has 9 heteroatoms. The van der Waals surface area contributed by atoms with E-state index in [2.05, 4.69) is 6.92 Å². The van der Waals surface area contributed by atoms with Gasteiger partial charge in [-0.1, -0.05) is 26.2 Å². The first kappa shape index (κ1) is 27.9. The maximum atomic E-state index is 7.57. The molecule has 0 spiro atoms. The lowest BCUT2D eigenvalue weighted by atomic mass is 10.1. The maximum absolute atomic E-state index is 7.57. The summed E-state index contributed by atoms with van der Waals surface area (Å²) in [6.45, 7) is 7.39. The first-order valence-electron chi connectivity index (χ1n) is 10.1. The van der Waals surface area contributed by atoms with Crippen LogP contribution in [-0.4, -0.2) is 90.9 Å². The van der Waals surface area contributed by atoms with Crippen molar-refractivity contribution in [2.75, 3.05) is 54.4 Å². The largest absolute Gasteiger partial charge is 0.412 e. The average molecular weight is 427 g/mol. The van der Waals surface area contributed by atoms with E-state index >= 15 is 0 Å². The fourth-order valence-electron chi connectivity index (χ4n) is 3.58. The van der Waals surface area contributed by atoms with Gasteiger partial charge in [-0.15, -0.1) is 0 Å². The van der Waals surface area contributed by atoms with Crippen molar-refractivity contribution in [2.24, 2.45) is 0 Å². The van der Waals surface area contributed by atoms with Crippen molar-refractivity contribution >= 4 is 8.56 Å². The lowest BCUT2D eigenvalue weighted by Crippen LogP contribution is -2.64. The molecule has 3 rings (SSSR count). The summed E-state index contributed by atoms with van der Waals surface area (Å²) in [5, 5.41) is 7.45. The molecule has 0 aliphatic carbocycles. The van der Waals surface area contributed by atoms with Crippen LogP contribution in [0.15, 0.2) is 0 Å². The standard InChI is InChI=1S/C11H24O3Si.C6H10O3.C2H6O.H2O/c1-5-8-11(12-2)9-6-7-10-15(11,13-3)14-4;1(5-3-8-5)7-2-6-4-9-6;1-2-3;/h5-10H2,1-4H3;5-6H,1-4H2;3H,2H2,1H3;1H2. The second-order valence-corrected chi connectivity index (χ2v) is 10.8. The van der Waals surface area contributed by atoms with Crippen LogP contribution in [0.4, 0.5) is 0 Å². The molecule has 0 bridgehead atoms. The minimum Gasteiger partial charge on any atom is -0.412 e. The summed E-state index contributed by atoms with van der Waals surface area (Å²) >= 11 is 0. The second kappa shape index (κ2) is 14.8. The van der Waals surface area contributed by atoms with Crippen LogP contribution in [0, 0.1) is 0 Å². The Balaban J connectivity index is 0.000000475. The molecule has 28 heavy (non-hydrogen) atoms. The number of rotatable bonds is 9. The average Bonchev–Trinajstić information content (AvgIpc) is 3.59. The van der Waals surface area contributed by atoms with Crippen molar-refractivity contribution < 1.29 is 38.4 Å². The SMILES string of the molecule is C(OCC1CO1)C1CO1.CCCC1(OC)CCCC[Si]1(OC)OC.CCO.O. The molecule has 3 atom stereocenters. The van der Waals surface area contributed by atoms with E-state index in [1.54, 1.807) is 28.3 Å². The van der Waals surface area contributed by atoms with Crippen LogP contribution >= 0.6 is 0 Å². The van der Waals surface area contributed by atoms with Gasteiger partial charge in [0.2, 0.25) is 0 Å². The molecule has 3 saturated heterocycles. The highest BCUT2D eigenvalue weighted by atomic mass is 28.4. The van der Waals surface area contributed by atoms with Crippen LogP contribution in [0.1, 0.15) is 46.0 Å². The lowest BCUT2D eigenvalue weighted by Gasteiger charge is -2.47. The fraction of sp³-hybridized carbons (Fsp3) is 1.00. The minimum atomic E-state index is -2.15. The normalized spacial score (nSPS) is 29.4. The maximum Gasteiger partial charge on any atom is 0.370 e. The Hall–Kier alpha value is -0.103.